The van der Waals surface area contributed by atoms with Crippen LogP contribution in [-0.2, 0) is 14.3 Å². The quantitative estimate of drug-likeness (QED) is 0.531. The molecular formula is C27H34N2O5. The largest absolute Gasteiger partial charge is 0.481 e. The van der Waals surface area contributed by atoms with Crippen LogP contribution in [0.2, 0.25) is 0 Å². The zero-order valence-corrected chi connectivity index (χ0v) is 20.3. The summed E-state index contributed by atoms with van der Waals surface area (Å²) in [7, 11) is 0. The van der Waals surface area contributed by atoms with Gasteiger partial charge in [0.25, 0.3) is 0 Å². The van der Waals surface area contributed by atoms with E-state index in [0.717, 1.165) is 22.3 Å². The van der Waals surface area contributed by atoms with E-state index in [0.29, 0.717) is 6.42 Å². The maximum absolute atomic E-state index is 13.3. The minimum atomic E-state index is -0.969. The van der Waals surface area contributed by atoms with Gasteiger partial charge in [-0.2, -0.15) is 0 Å². The Morgan fingerprint density at radius 2 is 1.56 bits per heavy atom. The van der Waals surface area contributed by atoms with E-state index >= 15 is 0 Å². The average molecular weight is 467 g/mol. The maximum atomic E-state index is 13.3. The van der Waals surface area contributed by atoms with E-state index in [1.165, 1.54) is 4.90 Å². The van der Waals surface area contributed by atoms with E-state index in [1.54, 1.807) is 0 Å². The highest BCUT2D eigenvalue weighted by molar-refractivity contribution is 5.86. The number of amides is 2. The minimum absolute atomic E-state index is 0.0707. The van der Waals surface area contributed by atoms with E-state index in [1.807, 2.05) is 52.0 Å². The number of fused-ring (bicyclic) bond motifs is 3. The molecule has 0 saturated carbocycles. The second-order valence-electron chi connectivity index (χ2n) is 9.10. The number of rotatable bonds is 10. The number of hydrogen-bond acceptors (Lipinski definition) is 4. The zero-order chi connectivity index (χ0) is 24.8. The molecule has 2 aromatic carbocycles. The Labute approximate surface area is 201 Å². The number of ether oxygens (including phenoxy) is 1. The van der Waals surface area contributed by atoms with E-state index < -0.39 is 18.1 Å². The Morgan fingerprint density at radius 3 is 2.06 bits per heavy atom. The number of carbonyl (C=O) groups excluding carboxylic acids is 2. The Hall–Kier alpha value is -3.35. The average Bonchev–Trinajstić information content (AvgIpc) is 3.14. The standard InChI is InChI=1S/C27H34N2O5/c1-5-18(4)25(26(32)29(17(2)3)15-14-24(30)31)28-27(33)34-16-23-21-12-8-6-10-19(21)20-11-7-9-13-22(20)23/h6-13,17-18,23,25H,5,14-16H2,1-4H3,(H,28,33)(H,30,31). The molecule has 0 aromatic heterocycles. The van der Waals surface area contributed by atoms with Crippen LogP contribution in [0.1, 0.15) is 57.6 Å². The molecule has 3 rings (SSSR count). The van der Waals surface area contributed by atoms with Gasteiger partial charge in [-0.3, -0.25) is 9.59 Å². The SMILES string of the molecule is CCC(C)C(NC(=O)OCC1c2ccccc2-c2ccccc21)C(=O)N(CCC(=O)O)C(C)C. The van der Waals surface area contributed by atoms with Crippen LogP contribution in [0.3, 0.4) is 0 Å². The molecule has 0 bridgehead atoms. The van der Waals surface area contributed by atoms with Gasteiger partial charge in [0.15, 0.2) is 0 Å². The van der Waals surface area contributed by atoms with Gasteiger partial charge in [-0.05, 0) is 42.0 Å². The normalized spacial score (nSPS) is 14.1. The molecular weight excluding hydrogens is 432 g/mol. The molecule has 2 amide bonds. The number of alkyl carbamates (subject to hydrolysis) is 1. The van der Waals surface area contributed by atoms with Crippen molar-refractivity contribution < 1.29 is 24.2 Å². The number of hydrogen-bond donors (Lipinski definition) is 2. The van der Waals surface area contributed by atoms with Crippen LogP contribution >= 0.6 is 0 Å². The molecule has 2 aromatic rings. The molecule has 7 heteroatoms. The summed E-state index contributed by atoms with van der Waals surface area (Å²) in [5.74, 6) is -1.47. The van der Waals surface area contributed by atoms with Crippen molar-refractivity contribution in [2.24, 2.45) is 5.92 Å². The Bertz CT molecular complexity index is 990. The second-order valence-corrected chi connectivity index (χ2v) is 9.10. The lowest BCUT2D eigenvalue weighted by Gasteiger charge is -2.33. The highest BCUT2D eigenvalue weighted by atomic mass is 16.5. The van der Waals surface area contributed by atoms with Crippen molar-refractivity contribution in [1.29, 1.82) is 0 Å². The first-order chi connectivity index (χ1) is 16.2. The second kappa shape index (κ2) is 11.2. The summed E-state index contributed by atoms with van der Waals surface area (Å²) in [6.45, 7) is 7.75. The van der Waals surface area contributed by atoms with Crippen molar-refractivity contribution >= 4 is 18.0 Å². The van der Waals surface area contributed by atoms with Crippen molar-refractivity contribution in [2.75, 3.05) is 13.2 Å². The fourth-order valence-electron chi connectivity index (χ4n) is 4.47. The lowest BCUT2D eigenvalue weighted by molar-refractivity contribution is -0.140. The Morgan fingerprint density at radius 1 is 1.00 bits per heavy atom. The lowest BCUT2D eigenvalue weighted by Crippen LogP contribution is -2.54. The fourth-order valence-corrected chi connectivity index (χ4v) is 4.47. The van der Waals surface area contributed by atoms with Gasteiger partial charge in [-0.15, -0.1) is 0 Å². The zero-order valence-electron chi connectivity index (χ0n) is 20.3. The van der Waals surface area contributed by atoms with Crippen LogP contribution in [0.15, 0.2) is 48.5 Å². The summed E-state index contributed by atoms with van der Waals surface area (Å²) in [6.07, 6.45) is -0.130. The first-order valence-electron chi connectivity index (χ1n) is 11.9. The molecule has 7 nitrogen and oxygen atoms in total. The first kappa shape index (κ1) is 25.3. The van der Waals surface area contributed by atoms with E-state index in [4.69, 9.17) is 9.84 Å². The predicted molar refractivity (Wildman–Crippen MR) is 131 cm³/mol. The summed E-state index contributed by atoms with van der Waals surface area (Å²) in [6, 6.07) is 15.2. The van der Waals surface area contributed by atoms with E-state index in [-0.39, 0.29) is 43.4 Å². The number of carbonyl (C=O) groups is 3. The molecule has 2 unspecified atom stereocenters. The van der Waals surface area contributed by atoms with Gasteiger partial charge in [0.1, 0.15) is 12.6 Å². The predicted octanol–water partition coefficient (Wildman–Crippen LogP) is 4.65. The summed E-state index contributed by atoms with van der Waals surface area (Å²) < 4.78 is 5.64. The van der Waals surface area contributed by atoms with Gasteiger partial charge >= 0.3 is 12.1 Å². The van der Waals surface area contributed by atoms with Crippen LogP contribution in [0.5, 0.6) is 0 Å². The third kappa shape index (κ3) is 5.58. The molecule has 1 aliphatic rings. The van der Waals surface area contributed by atoms with Gasteiger partial charge in [0.05, 0.1) is 6.42 Å². The number of carboxylic acids is 1. The molecule has 34 heavy (non-hydrogen) atoms. The maximum Gasteiger partial charge on any atom is 0.407 e. The summed E-state index contributed by atoms with van der Waals surface area (Å²) in [4.78, 5) is 38.7. The van der Waals surface area contributed by atoms with Crippen LogP contribution in [-0.4, -0.2) is 53.2 Å². The van der Waals surface area contributed by atoms with Crippen LogP contribution in [0.25, 0.3) is 11.1 Å². The number of carboxylic acid groups (broad SMARTS) is 1. The summed E-state index contributed by atoms with van der Waals surface area (Å²) >= 11 is 0. The lowest BCUT2D eigenvalue weighted by atomic mass is 9.97. The molecule has 2 atom stereocenters. The summed E-state index contributed by atoms with van der Waals surface area (Å²) in [5.41, 5.74) is 4.52. The number of nitrogens with one attached hydrogen (secondary N) is 1. The van der Waals surface area contributed by atoms with Crippen LogP contribution < -0.4 is 5.32 Å². The van der Waals surface area contributed by atoms with Gasteiger partial charge in [-0.1, -0.05) is 68.8 Å². The van der Waals surface area contributed by atoms with Gasteiger partial charge in [-0.25, -0.2) is 4.79 Å². The van der Waals surface area contributed by atoms with E-state index in [9.17, 15) is 14.4 Å². The molecule has 2 N–H and O–H groups in total. The van der Waals surface area contributed by atoms with Crippen molar-refractivity contribution in [3.8, 4) is 11.1 Å². The first-order valence-corrected chi connectivity index (χ1v) is 11.9. The van der Waals surface area contributed by atoms with E-state index in [2.05, 4.69) is 29.6 Å². The monoisotopic (exact) mass is 466 g/mol. The number of nitrogens with zero attached hydrogens (tertiary/aromatic N) is 1. The van der Waals surface area contributed by atoms with Crippen molar-refractivity contribution in [3.63, 3.8) is 0 Å². The smallest absolute Gasteiger partial charge is 0.407 e. The van der Waals surface area contributed by atoms with Gasteiger partial charge in [0.2, 0.25) is 5.91 Å². The highest BCUT2D eigenvalue weighted by Crippen LogP contribution is 2.44. The third-order valence-electron chi connectivity index (χ3n) is 6.57. The fraction of sp³-hybridized carbons (Fsp3) is 0.444. The Kier molecular flexibility index (Phi) is 8.31. The summed E-state index contributed by atoms with van der Waals surface area (Å²) in [5, 5.41) is 11.8. The molecule has 0 heterocycles. The van der Waals surface area contributed by atoms with Crippen molar-refractivity contribution in [2.45, 2.75) is 58.5 Å². The minimum Gasteiger partial charge on any atom is -0.481 e. The van der Waals surface area contributed by atoms with Crippen LogP contribution in [0, 0.1) is 5.92 Å². The number of aliphatic carboxylic acids is 1. The molecule has 0 spiro atoms. The van der Waals surface area contributed by atoms with Gasteiger partial charge in [0, 0.05) is 18.5 Å². The molecule has 0 aliphatic heterocycles. The molecule has 0 radical (unpaired) electrons. The third-order valence-corrected chi connectivity index (χ3v) is 6.57. The topological polar surface area (TPSA) is 95.9 Å². The van der Waals surface area contributed by atoms with Crippen LogP contribution in [0.4, 0.5) is 4.79 Å². The molecule has 0 saturated heterocycles. The van der Waals surface area contributed by atoms with Crippen molar-refractivity contribution in [3.05, 3.63) is 59.7 Å². The van der Waals surface area contributed by atoms with Crippen molar-refractivity contribution in [1.82, 2.24) is 10.2 Å². The number of benzene rings is 2. The Balaban J connectivity index is 1.71. The molecule has 1 aliphatic carbocycles. The highest BCUT2D eigenvalue weighted by Gasteiger charge is 2.33. The van der Waals surface area contributed by atoms with Gasteiger partial charge < -0.3 is 20.1 Å². The molecule has 182 valence electrons. The molecule has 0 fully saturated rings.